The number of nitrogens with zero attached hydrogens (tertiary/aromatic N) is 2. The quantitative estimate of drug-likeness (QED) is 0.922. The number of benzene rings is 1. The van der Waals surface area contributed by atoms with Gasteiger partial charge < -0.3 is 5.73 Å². The van der Waals surface area contributed by atoms with E-state index >= 15 is 0 Å². The van der Waals surface area contributed by atoms with Crippen molar-refractivity contribution in [2.75, 3.05) is 13.1 Å². The predicted molar refractivity (Wildman–Crippen MR) is 96.4 cm³/mol. The third-order valence-corrected chi connectivity index (χ3v) is 5.27. The summed E-state index contributed by atoms with van der Waals surface area (Å²) in [6.45, 7) is 5.39. The van der Waals surface area contributed by atoms with Crippen molar-refractivity contribution in [3.8, 4) is 10.6 Å². The first-order valence-electron chi connectivity index (χ1n) is 7.70. The zero-order valence-corrected chi connectivity index (χ0v) is 14.6. The van der Waals surface area contributed by atoms with Crippen molar-refractivity contribution in [1.29, 1.82) is 0 Å². The van der Waals surface area contributed by atoms with E-state index in [4.69, 9.17) is 10.7 Å². The first kappa shape index (κ1) is 17.4. The SMILES string of the molecule is CC(N)C1CCN(Cc2csc(-c3ccccc3)n2)CC1.Cl. The molecule has 5 heteroatoms. The van der Waals surface area contributed by atoms with Crippen LogP contribution in [-0.4, -0.2) is 29.0 Å². The molecule has 0 aliphatic carbocycles. The van der Waals surface area contributed by atoms with Gasteiger partial charge in [0.15, 0.2) is 0 Å². The Bertz CT molecular complexity index is 562. The molecule has 0 amide bonds. The predicted octanol–water partition coefficient (Wildman–Crippen LogP) is 3.79. The Kier molecular flexibility index (Phi) is 6.38. The van der Waals surface area contributed by atoms with Gasteiger partial charge in [-0.3, -0.25) is 4.90 Å². The Balaban J connectivity index is 0.00000176. The minimum absolute atomic E-state index is 0. The molecule has 1 fully saturated rings. The summed E-state index contributed by atoms with van der Waals surface area (Å²) in [7, 11) is 0. The minimum Gasteiger partial charge on any atom is -0.328 e. The molecule has 22 heavy (non-hydrogen) atoms. The number of nitrogens with two attached hydrogens (primary N) is 1. The lowest BCUT2D eigenvalue weighted by atomic mass is 9.91. The van der Waals surface area contributed by atoms with Crippen LogP contribution in [0.1, 0.15) is 25.5 Å². The Morgan fingerprint density at radius 3 is 2.59 bits per heavy atom. The molecular formula is C17H24ClN3S. The summed E-state index contributed by atoms with van der Waals surface area (Å²) in [6, 6.07) is 10.7. The molecule has 1 aliphatic rings. The summed E-state index contributed by atoms with van der Waals surface area (Å²) in [5.74, 6) is 0.691. The van der Waals surface area contributed by atoms with Crippen molar-refractivity contribution in [1.82, 2.24) is 9.88 Å². The lowest BCUT2D eigenvalue weighted by molar-refractivity contribution is 0.164. The monoisotopic (exact) mass is 337 g/mol. The fourth-order valence-corrected chi connectivity index (χ4v) is 3.78. The smallest absolute Gasteiger partial charge is 0.123 e. The maximum atomic E-state index is 6.00. The second kappa shape index (κ2) is 8.06. The molecule has 2 heterocycles. The number of piperidine rings is 1. The molecule has 3 rings (SSSR count). The van der Waals surface area contributed by atoms with Gasteiger partial charge in [0.1, 0.15) is 5.01 Å². The number of rotatable bonds is 4. The van der Waals surface area contributed by atoms with Gasteiger partial charge in [0.05, 0.1) is 5.69 Å². The van der Waals surface area contributed by atoms with E-state index in [0.29, 0.717) is 12.0 Å². The number of hydrogen-bond acceptors (Lipinski definition) is 4. The van der Waals surface area contributed by atoms with Crippen molar-refractivity contribution < 1.29 is 0 Å². The summed E-state index contributed by atoms with van der Waals surface area (Å²) in [5, 5.41) is 3.32. The molecule has 0 saturated carbocycles. The number of hydrogen-bond donors (Lipinski definition) is 1. The van der Waals surface area contributed by atoms with E-state index in [-0.39, 0.29) is 12.4 Å². The van der Waals surface area contributed by atoms with Crippen molar-refractivity contribution in [2.24, 2.45) is 11.7 Å². The van der Waals surface area contributed by atoms with E-state index in [1.54, 1.807) is 11.3 Å². The van der Waals surface area contributed by atoms with Crippen molar-refractivity contribution in [3.63, 3.8) is 0 Å². The van der Waals surface area contributed by atoms with Crippen LogP contribution in [0.3, 0.4) is 0 Å². The molecule has 1 saturated heterocycles. The molecule has 2 N–H and O–H groups in total. The largest absolute Gasteiger partial charge is 0.328 e. The topological polar surface area (TPSA) is 42.1 Å². The van der Waals surface area contributed by atoms with Gasteiger partial charge in [-0.2, -0.15) is 0 Å². The zero-order chi connectivity index (χ0) is 14.7. The lowest BCUT2D eigenvalue weighted by Gasteiger charge is -2.33. The van der Waals surface area contributed by atoms with Gasteiger partial charge in [0, 0.05) is 23.5 Å². The first-order chi connectivity index (χ1) is 10.2. The molecule has 1 atom stereocenters. The highest BCUT2D eigenvalue weighted by molar-refractivity contribution is 7.13. The maximum Gasteiger partial charge on any atom is 0.123 e. The van der Waals surface area contributed by atoms with Crippen LogP contribution >= 0.6 is 23.7 Å². The molecule has 3 nitrogen and oxygen atoms in total. The molecule has 1 aromatic heterocycles. The van der Waals surface area contributed by atoms with Crippen LogP contribution in [0.15, 0.2) is 35.7 Å². The van der Waals surface area contributed by atoms with E-state index in [1.807, 2.05) is 6.07 Å². The Morgan fingerprint density at radius 2 is 1.95 bits per heavy atom. The molecule has 0 spiro atoms. The summed E-state index contributed by atoms with van der Waals surface area (Å²) >= 11 is 1.74. The van der Waals surface area contributed by atoms with Crippen LogP contribution in [0.4, 0.5) is 0 Å². The fourth-order valence-electron chi connectivity index (χ4n) is 2.96. The fraction of sp³-hybridized carbons (Fsp3) is 0.471. The maximum absolute atomic E-state index is 6.00. The van der Waals surface area contributed by atoms with Crippen LogP contribution in [0.5, 0.6) is 0 Å². The minimum atomic E-state index is 0. The summed E-state index contributed by atoms with van der Waals surface area (Å²) in [5.41, 5.74) is 8.41. The van der Waals surface area contributed by atoms with Crippen LogP contribution < -0.4 is 5.73 Å². The van der Waals surface area contributed by atoms with Crippen LogP contribution in [0.25, 0.3) is 10.6 Å². The Hall–Kier alpha value is -0.940. The van der Waals surface area contributed by atoms with E-state index in [9.17, 15) is 0 Å². The lowest BCUT2D eigenvalue weighted by Crippen LogP contribution is -2.39. The average Bonchev–Trinajstić information content (AvgIpc) is 2.97. The highest BCUT2D eigenvalue weighted by Crippen LogP contribution is 2.25. The van der Waals surface area contributed by atoms with Gasteiger partial charge in [0.2, 0.25) is 0 Å². The number of thiazole rings is 1. The molecule has 0 bridgehead atoms. The van der Waals surface area contributed by atoms with Crippen LogP contribution in [-0.2, 0) is 6.54 Å². The van der Waals surface area contributed by atoms with Crippen LogP contribution in [0.2, 0.25) is 0 Å². The van der Waals surface area contributed by atoms with Crippen molar-refractivity contribution in [3.05, 3.63) is 41.4 Å². The third-order valence-electron chi connectivity index (χ3n) is 4.33. The van der Waals surface area contributed by atoms with Gasteiger partial charge in [-0.25, -0.2) is 4.98 Å². The zero-order valence-electron chi connectivity index (χ0n) is 12.9. The van der Waals surface area contributed by atoms with E-state index in [1.165, 1.54) is 24.1 Å². The average molecular weight is 338 g/mol. The second-order valence-corrected chi connectivity index (χ2v) is 6.84. The Morgan fingerprint density at radius 1 is 1.27 bits per heavy atom. The highest BCUT2D eigenvalue weighted by atomic mass is 35.5. The standard InChI is InChI=1S/C17H23N3S.ClH/c1-13(18)14-7-9-20(10-8-14)11-16-12-21-17(19-16)15-5-3-2-4-6-15;/h2-6,12-14H,7-11,18H2,1H3;1H. The number of likely N-dealkylation sites (tertiary alicyclic amines) is 1. The van der Waals surface area contributed by atoms with E-state index in [0.717, 1.165) is 24.6 Å². The molecule has 2 aromatic rings. The summed E-state index contributed by atoms with van der Waals surface area (Å²) in [6.07, 6.45) is 2.43. The molecule has 1 aromatic carbocycles. The molecule has 1 unspecified atom stereocenters. The molecule has 1 aliphatic heterocycles. The van der Waals surface area contributed by atoms with Crippen molar-refractivity contribution in [2.45, 2.75) is 32.4 Å². The van der Waals surface area contributed by atoms with Gasteiger partial charge >= 0.3 is 0 Å². The number of aromatic nitrogens is 1. The van der Waals surface area contributed by atoms with Gasteiger partial charge in [-0.1, -0.05) is 30.3 Å². The van der Waals surface area contributed by atoms with Gasteiger partial charge in [0.25, 0.3) is 0 Å². The van der Waals surface area contributed by atoms with Gasteiger partial charge in [-0.05, 0) is 38.8 Å². The highest BCUT2D eigenvalue weighted by Gasteiger charge is 2.22. The second-order valence-electron chi connectivity index (χ2n) is 5.98. The van der Waals surface area contributed by atoms with Crippen molar-refractivity contribution >= 4 is 23.7 Å². The summed E-state index contributed by atoms with van der Waals surface area (Å²) < 4.78 is 0. The molecule has 0 radical (unpaired) electrons. The van der Waals surface area contributed by atoms with Gasteiger partial charge in [-0.15, -0.1) is 23.7 Å². The van der Waals surface area contributed by atoms with E-state index < -0.39 is 0 Å². The number of halogens is 1. The molecule has 120 valence electrons. The Labute approximate surface area is 143 Å². The molecular weight excluding hydrogens is 314 g/mol. The van der Waals surface area contributed by atoms with E-state index in [2.05, 4.69) is 41.5 Å². The van der Waals surface area contributed by atoms with Crippen LogP contribution in [0, 0.1) is 5.92 Å². The third kappa shape index (κ3) is 4.29. The first-order valence-corrected chi connectivity index (χ1v) is 8.58. The summed E-state index contributed by atoms with van der Waals surface area (Å²) in [4.78, 5) is 7.28. The normalized spacial score (nSPS) is 17.9.